The van der Waals surface area contributed by atoms with Crippen molar-refractivity contribution < 1.29 is 4.92 Å². The Labute approximate surface area is 112 Å². The van der Waals surface area contributed by atoms with Crippen LogP contribution in [0.15, 0.2) is 47.1 Å². The maximum absolute atomic E-state index is 10.4. The molecular formula is C12H10BrN3O2. The summed E-state index contributed by atoms with van der Waals surface area (Å²) >= 11 is 3.40. The van der Waals surface area contributed by atoms with E-state index < -0.39 is 4.92 Å². The molecule has 18 heavy (non-hydrogen) atoms. The van der Waals surface area contributed by atoms with Crippen LogP contribution in [0.2, 0.25) is 0 Å². The zero-order valence-corrected chi connectivity index (χ0v) is 10.9. The molecule has 1 aromatic heterocycles. The van der Waals surface area contributed by atoms with Gasteiger partial charge in [0.15, 0.2) is 6.20 Å². The molecule has 1 aromatic carbocycles. The van der Waals surface area contributed by atoms with E-state index in [4.69, 9.17) is 0 Å². The second-order valence-electron chi connectivity index (χ2n) is 3.65. The quantitative estimate of drug-likeness (QED) is 0.694. The summed E-state index contributed by atoms with van der Waals surface area (Å²) in [6.07, 6.45) is 1.45. The highest BCUT2D eigenvalue weighted by Gasteiger charge is 2.05. The Hall–Kier alpha value is -1.95. The monoisotopic (exact) mass is 307 g/mol. The number of pyridine rings is 1. The standard InChI is InChI=1S/C12H10BrN3O2/c13-10-3-1-2-9(6-10)7-14-11-4-5-12(15-8-11)16(17)18/h1-6,8,14H,7H2. The van der Waals surface area contributed by atoms with Crippen LogP contribution in [0.4, 0.5) is 11.5 Å². The number of nitrogens with zero attached hydrogens (tertiary/aromatic N) is 2. The van der Waals surface area contributed by atoms with Crippen LogP contribution in [0.5, 0.6) is 0 Å². The lowest BCUT2D eigenvalue weighted by Gasteiger charge is -2.05. The maximum atomic E-state index is 10.4. The molecule has 0 saturated carbocycles. The Kier molecular flexibility index (Phi) is 3.88. The summed E-state index contributed by atoms with van der Waals surface area (Å²) in [6, 6.07) is 10.9. The maximum Gasteiger partial charge on any atom is 0.363 e. The third kappa shape index (κ3) is 3.27. The second kappa shape index (κ2) is 5.59. The Morgan fingerprint density at radius 1 is 1.33 bits per heavy atom. The molecule has 1 N–H and O–H groups in total. The van der Waals surface area contributed by atoms with E-state index in [2.05, 4.69) is 26.2 Å². The van der Waals surface area contributed by atoms with Crippen LogP contribution in [0.3, 0.4) is 0 Å². The summed E-state index contributed by atoms with van der Waals surface area (Å²) in [6.45, 7) is 0.638. The molecule has 92 valence electrons. The average molecular weight is 308 g/mol. The van der Waals surface area contributed by atoms with Crippen LogP contribution in [-0.2, 0) is 6.54 Å². The summed E-state index contributed by atoms with van der Waals surface area (Å²) < 4.78 is 1.02. The highest BCUT2D eigenvalue weighted by molar-refractivity contribution is 9.10. The van der Waals surface area contributed by atoms with Gasteiger partial charge in [-0.05, 0) is 33.7 Å². The Bertz CT molecular complexity index is 558. The largest absolute Gasteiger partial charge is 0.378 e. The van der Waals surface area contributed by atoms with Crippen molar-refractivity contribution in [1.82, 2.24) is 4.98 Å². The topological polar surface area (TPSA) is 68.1 Å². The number of anilines is 1. The lowest BCUT2D eigenvalue weighted by atomic mass is 10.2. The summed E-state index contributed by atoms with van der Waals surface area (Å²) in [5, 5.41) is 13.6. The minimum Gasteiger partial charge on any atom is -0.378 e. The molecule has 2 rings (SSSR count). The van der Waals surface area contributed by atoms with Crippen molar-refractivity contribution in [2.75, 3.05) is 5.32 Å². The van der Waals surface area contributed by atoms with E-state index >= 15 is 0 Å². The molecule has 0 saturated heterocycles. The van der Waals surface area contributed by atoms with Gasteiger partial charge in [0.1, 0.15) is 0 Å². The summed E-state index contributed by atoms with van der Waals surface area (Å²) in [5.41, 5.74) is 1.86. The molecule has 5 nitrogen and oxygen atoms in total. The normalized spacial score (nSPS) is 10.1. The first-order valence-corrected chi connectivity index (χ1v) is 6.03. The van der Waals surface area contributed by atoms with Crippen molar-refractivity contribution in [2.45, 2.75) is 6.54 Å². The molecule has 6 heteroatoms. The van der Waals surface area contributed by atoms with E-state index in [1.165, 1.54) is 12.3 Å². The Balaban J connectivity index is 2.00. The number of halogens is 1. The van der Waals surface area contributed by atoms with Gasteiger partial charge in [-0.3, -0.25) is 0 Å². The summed E-state index contributed by atoms with van der Waals surface area (Å²) in [4.78, 5) is 13.7. The van der Waals surface area contributed by atoms with E-state index in [0.717, 1.165) is 15.7 Å². The fraction of sp³-hybridized carbons (Fsp3) is 0.0833. The second-order valence-corrected chi connectivity index (χ2v) is 4.56. The van der Waals surface area contributed by atoms with Crippen LogP contribution in [0, 0.1) is 10.1 Å². The Morgan fingerprint density at radius 3 is 2.78 bits per heavy atom. The smallest absolute Gasteiger partial charge is 0.363 e. The van der Waals surface area contributed by atoms with Gasteiger partial charge >= 0.3 is 5.82 Å². The van der Waals surface area contributed by atoms with Gasteiger partial charge in [0.05, 0.1) is 5.69 Å². The molecule has 2 aromatic rings. The number of aromatic nitrogens is 1. The van der Waals surface area contributed by atoms with Crippen LogP contribution in [-0.4, -0.2) is 9.91 Å². The average Bonchev–Trinajstić information content (AvgIpc) is 2.37. The van der Waals surface area contributed by atoms with E-state index in [-0.39, 0.29) is 5.82 Å². The van der Waals surface area contributed by atoms with Gasteiger partial charge in [-0.15, -0.1) is 0 Å². The SMILES string of the molecule is O=[N+]([O-])c1ccc(NCc2cccc(Br)c2)cn1. The van der Waals surface area contributed by atoms with Gasteiger partial charge in [0.25, 0.3) is 0 Å². The number of nitrogens with one attached hydrogen (secondary N) is 1. The fourth-order valence-corrected chi connectivity index (χ4v) is 1.90. The van der Waals surface area contributed by atoms with E-state index in [0.29, 0.717) is 6.54 Å². The number of nitro groups is 1. The molecule has 0 aliphatic carbocycles. The van der Waals surface area contributed by atoms with Crippen molar-refractivity contribution in [2.24, 2.45) is 0 Å². The third-order valence-electron chi connectivity index (χ3n) is 2.32. The number of hydrogen-bond donors (Lipinski definition) is 1. The van der Waals surface area contributed by atoms with Crippen molar-refractivity contribution in [3.05, 3.63) is 62.7 Å². The zero-order valence-electron chi connectivity index (χ0n) is 9.34. The first-order valence-electron chi connectivity index (χ1n) is 5.24. The molecule has 0 fully saturated rings. The summed E-state index contributed by atoms with van der Waals surface area (Å²) in [5.74, 6) is -0.150. The van der Waals surface area contributed by atoms with Gasteiger partial charge in [-0.2, -0.15) is 0 Å². The lowest BCUT2D eigenvalue weighted by molar-refractivity contribution is -0.389. The van der Waals surface area contributed by atoms with Gasteiger partial charge in [0.2, 0.25) is 0 Å². The van der Waals surface area contributed by atoms with Crippen molar-refractivity contribution in [3.63, 3.8) is 0 Å². The molecule has 0 aliphatic rings. The molecule has 0 aliphatic heterocycles. The minimum atomic E-state index is -0.516. The van der Waals surface area contributed by atoms with Crippen LogP contribution >= 0.6 is 15.9 Å². The molecule has 0 spiro atoms. The highest BCUT2D eigenvalue weighted by Crippen LogP contribution is 2.15. The van der Waals surface area contributed by atoms with E-state index in [1.807, 2.05) is 24.3 Å². The lowest BCUT2D eigenvalue weighted by Crippen LogP contribution is -2.00. The fourth-order valence-electron chi connectivity index (χ4n) is 1.45. The molecule has 1 heterocycles. The zero-order chi connectivity index (χ0) is 13.0. The van der Waals surface area contributed by atoms with Crippen LogP contribution in [0.1, 0.15) is 5.56 Å². The van der Waals surface area contributed by atoms with Gasteiger partial charge in [-0.25, -0.2) is 0 Å². The molecule has 0 radical (unpaired) electrons. The molecule has 0 amide bonds. The van der Waals surface area contributed by atoms with Gasteiger partial charge < -0.3 is 15.4 Å². The van der Waals surface area contributed by atoms with Crippen molar-refractivity contribution in [1.29, 1.82) is 0 Å². The van der Waals surface area contributed by atoms with Crippen LogP contribution in [0.25, 0.3) is 0 Å². The van der Waals surface area contributed by atoms with Crippen molar-refractivity contribution in [3.8, 4) is 0 Å². The van der Waals surface area contributed by atoms with Gasteiger partial charge in [-0.1, -0.05) is 28.1 Å². The number of hydrogen-bond acceptors (Lipinski definition) is 4. The van der Waals surface area contributed by atoms with Crippen molar-refractivity contribution >= 4 is 27.4 Å². The Morgan fingerprint density at radius 2 is 2.17 bits per heavy atom. The highest BCUT2D eigenvalue weighted by atomic mass is 79.9. The molecule has 0 unspecified atom stereocenters. The minimum absolute atomic E-state index is 0.150. The third-order valence-corrected chi connectivity index (χ3v) is 2.81. The van der Waals surface area contributed by atoms with Gasteiger partial charge in [0, 0.05) is 17.1 Å². The number of benzene rings is 1. The summed E-state index contributed by atoms with van der Waals surface area (Å²) in [7, 11) is 0. The first-order chi connectivity index (χ1) is 8.65. The predicted octanol–water partition coefficient (Wildman–Crippen LogP) is 3.36. The van der Waals surface area contributed by atoms with E-state index in [1.54, 1.807) is 6.07 Å². The van der Waals surface area contributed by atoms with E-state index in [9.17, 15) is 10.1 Å². The molecular weight excluding hydrogens is 298 g/mol. The molecule has 0 bridgehead atoms. The van der Waals surface area contributed by atoms with Crippen LogP contribution < -0.4 is 5.32 Å². The molecule has 0 atom stereocenters. The first kappa shape index (κ1) is 12.5. The number of rotatable bonds is 4. The predicted molar refractivity (Wildman–Crippen MR) is 72.4 cm³/mol.